The lowest BCUT2D eigenvalue weighted by Gasteiger charge is -2.04. The Morgan fingerprint density at radius 1 is 1.35 bits per heavy atom. The highest BCUT2D eigenvalue weighted by Crippen LogP contribution is 2.16. The van der Waals surface area contributed by atoms with Gasteiger partial charge in [-0.1, -0.05) is 28.9 Å². The second-order valence-corrected chi connectivity index (χ2v) is 5.77. The molecule has 0 aliphatic rings. The van der Waals surface area contributed by atoms with Crippen LogP contribution in [0.3, 0.4) is 0 Å². The van der Waals surface area contributed by atoms with Crippen molar-refractivity contribution in [1.29, 1.82) is 0 Å². The first kappa shape index (κ1) is 15.2. The number of nitrogens with zero attached hydrogens (tertiary/aromatic N) is 2. The number of nitrogens with one attached hydrogen (secondary N) is 1. The molecule has 1 aromatic carbocycles. The zero-order valence-corrected chi connectivity index (χ0v) is 13.4. The summed E-state index contributed by atoms with van der Waals surface area (Å²) in [6.07, 6.45) is 3.09. The Hall–Kier alpha value is -1.20. The van der Waals surface area contributed by atoms with Crippen LogP contribution in [0.2, 0.25) is 0 Å². The Morgan fingerprint density at radius 3 is 2.85 bits per heavy atom. The van der Waals surface area contributed by atoms with Crippen LogP contribution < -0.4 is 5.32 Å². The lowest BCUT2D eigenvalue weighted by molar-refractivity contribution is 0.583. The minimum absolute atomic E-state index is 0.210. The summed E-state index contributed by atoms with van der Waals surface area (Å²) in [5, 5.41) is 7.80. The SMILES string of the molecule is CCCNCc1cn(Cc2ccc(Br)cc2F)nc1C. The van der Waals surface area contributed by atoms with Gasteiger partial charge in [-0.2, -0.15) is 5.10 Å². The monoisotopic (exact) mass is 339 g/mol. The summed E-state index contributed by atoms with van der Waals surface area (Å²) in [5.41, 5.74) is 2.80. The van der Waals surface area contributed by atoms with E-state index in [0.717, 1.165) is 35.2 Å². The summed E-state index contributed by atoms with van der Waals surface area (Å²) in [7, 11) is 0. The summed E-state index contributed by atoms with van der Waals surface area (Å²) in [6, 6.07) is 5.11. The van der Waals surface area contributed by atoms with Gasteiger partial charge >= 0.3 is 0 Å². The molecule has 0 atom stereocenters. The second kappa shape index (κ2) is 6.99. The van der Waals surface area contributed by atoms with Crippen molar-refractivity contribution in [3.63, 3.8) is 0 Å². The molecule has 20 heavy (non-hydrogen) atoms. The molecule has 2 aromatic rings. The van der Waals surface area contributed by atoms with Gasteiger partial charge in [0, 0.05) is 28.3 Å². The fourth-order valence-corrected chi connectivity index (χ4v) is 2.37. The van der Waals surface area contributed by atoms with E-state index < -0.39 is 0 Å². The van der Waals surface area contributed by atoms with E-state index in [1.807, 2.05) is 19.2 Å². The van der Waals surface area contributed by atoms with E-state index in [1.165, 1.54) is 6.07 Å². The van der Waals surface area contributed by atoms with Crippen molar-refractivity contribution in [3.8, 4) is 0 Å². The molecule has 0 unspecified atom stereocenters. The molecule has 0 bridgehead atoms. The fourth-order valence-electron chi connectivity index (χ4n) is 2.04. The predicted octanol–water partition coefficient (Wildman–Crippen LogP) is 3.64. The molecule has 0 radical (unpaired) electrons. The molecule has 108 valence electrons. The Balaban J connectivity index is 2.08. The van der Waals surface area contributed by atoms with E-state index in [1.54, 1.807) is 10.7 Å². The molecule has 2 rings (SSSR count). The van der Waals surface area contributed by atoms with Gasteiger partial charge in [-0.3, -0.25) is 4.68 Å². The Morgan fingerprint density at radius 2 is 2.15 bits per heavy atom. The molecule has 1 aromatic heterocycles. The predicted molar refractivity (Wildman–Crippen MR) is 82.2 cm³/mol. The van der Waals surface area contributed by atoms with Gasteiger partial charge in [0.05, 0.1) is 12.2 Å². The minimum atomic E-state index is -0.210. The molecule has 3 nitrogen and oxygen atoms in total. The molecular weight excluding hydrogens is 321 g/mol. The van der Waals surface area contributed by atoms with Crippen LogP contribution in [-0.4, -0.2) is 16.3 Å². The van der Waals surface area contributed by atoms with Crippen LogP contribution in [-0.2, 0) is 13.1 Å². The van der Waals surface area contributed by atoms with E-state index >= 15 is 0 Å². The number of aryl methyl sites for hydroxylation is 1. The van der Waals surface area contributed by atoms with Crippen LogP contribution in [0.1, 0.15) is 30.2 Å². The first-order chi connectivity index (χ1) is 9.60. The lowest BCUT2D eigenvalue weighted by atomic mass is 10.2. The second-order valence-electron chi connectivity index (χ2n) is 4.85. The van der Waals surface area contributed by atoms with Gasteiger partial charge in [0.15, 0.2) is 0 Å². The van der Waals surface area contributed by atoms with Crippen molar-refractivity contribution in [3.05, 3.63) is 51.5 Å². The number of benzene rings is 1. The third-order valence-electron chi connectivity index (χ3n) is 3.14. The highest BCUT2D eigenvalue weighted by molar-refractivity contribution is 9.10. The van der Waals surface area contributed by atoms with Gasteiger partial charge < -0.3 is 5.32 Å². The van der Waals surface area contributed by atoms with Crippen LogP contribution in [0.4, 0.5) is 4.39 Å². The lowest BCUT2D eigenvalue weighted by Crippen LogP contribution is -2.13. The van der Waals surface area contributed by atoms with Crippen molar-refractivity contribution in [2.45, 2.75) is 33.4 Å². The minimum Gasteiger partial charge on any atom is -0.313 e. The van der Waals surface area contributed by atoms with Crippen LogP contribution in [0.25, 0.3) is 0 Å². The molecule has 0 aliphatic heterocycles. The summed E-state index contributed by atoms with van der Waals surface area (Å²) in [6.45, 7) is 6.37. The van der Waals surface area contributed by atoms with Crippen molar-refractivity contribution >= 4 is 15.9 Å². The Labute approximate surface area is 127 Å². The molecule has 0 fully saturated rings. The standard InChI is InChI=1S/C15H19BrFN3/c1-3-6-18-8-13-10-20(19-11(13)2)9-12-4-5-14(16)7-15(12)17/h4-5,7,10,18H,3,6,8-9H2,1-2H3. The normalized spacial score (nSPS) is 11.0. The molecule has 0 aliphatic carbocycles. The van der Waals surface area contributed by atoms with Crippen LogP contribution in [0.15, 0.2) is 28.9 Å². The quantitative estimate of drug-likeness (QED) is 0.814. The third-order valence-corrected chi connectivity index (χ3v) is 3.63. The molecule has 1 N–H and O–H groups in total. The Kier molecular flexibility index (Phi) is 5.31. The molecular formula is C15H19BrFN3. The molecule has 0 spiro atoms. The largest absolute Gasteiger partial charge is 0.313 e. The number of aromatic nitrogens is 2. The maximum Gasteiger partial charge on any atom is 0.129 e. The van der Waals surface area contributed by atoms with Crippen molar-refractivity contribution in [1.82, 2.24) is 15.1 Å². The first-order valence-electron chi connectivity index (χ1n) is 6.77. The molecule has 5 heteroatoms. The van der Waals surface area contributed by atoms with E-state index in [4.69, 9.17) is 0 Å². The summed E-state index contributed by atoms with van der Waals surface area (Å²) < 4.78 is 16.4. The Bertz CT molecular complexity index is 580. The number of hydrogen-bond acceptors (Lipinski definition) is 2. The van der Waals surface area contributed by atoms with E-state index in [2.05, 4.69) is 33.3 Å². The number of hydrogen-bond donors (Lipinski definition) is 1. The zero-order valence-electron chi connectivity index (χ0n) is 11.8. The van der Waals surface area contributed by atoms with Gasteiger partial charge in [-0.05, 0) is 32.0 Å². The van der Waals surface area contributed by atoms with Gasteiger partial charge in [0.25, 0.3) is 0 Å². The molecule has 0 saturated heterocycles. The average Bonchev–Trinajstić information content (AvgIpc) is 2.74. The van der Waals surface area contributed by atoms with Crippen molar-refractivity contribution < 1.29 is 4.39 Å². The summed E-state index contributed by atoms with van der Waals surface area (Å²) >= 11 is 3.26. The van der Waals surface area contributed by atoms with Crippen LogP contribution in [0, 0.1) is 12.7 Å². The van der Waals surface area contributed by atoms with Crippen molar-refractivity contribution in [2.75, 3.05) is 6.54 Å². The van der Waals surface area contributed by atoms with E-state index in [9.17, 15) is 4.39 Å². The summed E-state index contributed by atoms with van der Waals surface area (Å²) in [5.74, 6) is -0.210. The number of halogens is 2. The molecule has 1 heterocycles. The molecule has 0 saturated carbocycles. The molecule has 0 amide bonds. The average molecular weight is 340 g/mol. The fraction of sp³-hybridized carbons (Fsp3) is 0.400. The van der Waals surface area contributed by atoms with Crippen molar-refractivity contribution in [2.24, 2.45) is 0 Å². The topological polar surface area (TPSA) is 29.9 Å². The number of rotatable bonds is 6. The van der Waals surface area contributed by atoms with Gasteiger partial charge in [-0.15, -0.1) is 0 Å². The van der Waals surface area contributed by atoms with Gasteiger partial charge in [-0.25, -0.2) is 4.39 Å². The van der Waals surface area contributed by atoms with Crippen LogP contribution >= 0.6 is 15.9 Å². The first-order valence-corrected chi connectivity index (χ1v) is 7.57. The maximum absolute atomic E-state index is 13.8. The van der Waals surface area contributed by atoms with E-state index in [0.29, 0.717) is 12.1 Å². The van der Waals surface area contributed by atoms with Gasteiger partial charge in [0.2, 0.25) is 0 Å². The maximum atomic E-state index is 13.8. The van der Waals surface area contributed by atoms with Crippen LogP contribution in [0.5, 0.6) is 0 Å². The van der Waals surface area contributed by atoms with Gasteiger partial charge in [0.1, 0.15) is 5.82 Å². The zero-order chi connectivity index (χ0) is 14.5. The highest BCUT2D eigenvalue weighted by atomic mass is 79.9. The highest BCUT2D eigenvalue weighted by Gasteiger charge is 2.08. The smallest absolute Gasteiger partial charge is 0.129 e. The van der Waals surface area contributed by atoms with E-state index in [-0.39, 0.29) is 5.82 Å². The third kappa shape index (κ3) is 3.90. The summed E-state index contributed by atoms with van der Waals surface area (Å²) in [4.78, 5) is 0.